The summed E-state index contributed by atoms with van der Waals surface area (Å²) in [5, 5.41) is 3.80. The van der Waals surface area contributed by atoms with E-state index in [1.54, 1.807) is 0 Å². The number of quaternary nitrogens is 1. The lowest BCUT2D eigenvalue weighted by Gasteiger charge is -2.35. The van der Waals surface area contributed by atoms with Gasteiger partial charge in [0, 0.05) is 10.7 Å². The van der Waals surface area contributed by atoms with Crippen molar-refractivity contribution in [2.24, 2.45) is 0 Å². The Hall–Kier alpha value is -1.79. The van der Waals surface area contributed by atoms with Crippen molar-refractivity contribution in [3.8, 4) is 0 Å². The average molecular weight is 406 g/mol. The molecule has 2 heterocycles. The van der Waals surface area contributed by atoms with Gasteiger partial charge >= 0.3 is 6.03 Å². The van der Waals surface area contributed by atoms with E-state index < -0.39 is 5.54 Å². The molecule has 28 heavy (non-hydrogen) atoms. The van der Waals surface area contributed by atoms with Crippen LogP contribution in [0.3, 0.4) is 0 Å². The number of aryl methyl sites for hydroxylation is 1. The fraction of sp³-hybridized carbons (Fsp3) is 0.619. The molecule has 152 valence electrons. The smallest absolute Gasteiger partial charge is 0.329 e. The van der Waals surface area contributed by atoms with E-state index in [2.05, 4.69) is 23.2 Å². The van der Waals surface area contributed by atoms with Gasteiger partial charge in [-0.1, -0.05) is 43.4 Å². The van der Waals surface area contributed by atoms with Gasteiger partial charge < -0.3 is 15.1 Å². The second-order valence-corrected chi connectivity index (χ2v) is 8.92. The van der Waals surface area contributed by atoms with Crippen molar-refractivity contribution >= 4 is 29.2 Å². The summed E-state index contributed by atoms with van der Waals surface area (Å²) in [6.07, 6.45) is 5.91. The number of nitrogens with one attached hydrogen (secondary N) is 2. The second-order valence-electron chi connectivity index (χ2n) is 8.49. The first-order valence-electron chi connectivity index (χ1n) is 10.5. The summed E-state index contributed by atoms with van der Waals surface area (Å²) in [6, 6.07) is 5.79. The first-order valence-corrected chi connectivity index (χ1v) is 10.9. The quantitative estimate of drug-likeness (QED) is 0.756. The number of piperazine rings is 1. The summed E-state index contributed by atoms with van der Waals surface area (Å²) < 4.78 is 0. The van der Waals surface area contributed by atoms with E-state index in [0.29, 0.717) is 6.67 Å². The number of hydrogen-bond donors (Lipinski definition) is 2. The minimum absolute atomic E-state index is 0.0000141. The van der Waals surface area contributed by atoms with E-state index >= 15 is 0 Å². The highest BCUT2D eigenvalue weighted by molar-refractivity contribution is 6.30. The fourth-order valence-electron chi connectivity index (χ4n) is 4.86. The molecule has 1 spiro atoms. The van der Waals surface area contributed by atoms with Crippen molar-refractivity contribution < 1.29 is 14.5 Å². The number of nitrogens with zero attached hydrogens (tertiary/aromatic N) is 2. The van der Waals surface area contributed by atoms with Crippen LogP contribution in [0.1, 0.15) is 44.1 Å². The van der Waals surface area contributed by atoms with E-state index in [1.165, 1.54) is 21.1 Å². The molecule has 0 unspecified atom stereocenters. The van der Waals surface area contributed by atoms with Crippen molar-refractivity contribution in [2.75, 3.05) is 37.7 Å². The summed E-state index contributed by atoms with van der Waals surface area (Å²) in [6.45, 7) is 6.15. The predicted octanol–water partition coefficient (Wildman–Crippen LogP) is 1.96. The van der Waals surface area contributed by atoms with E-state index in [9.17, 15) is 9.59 Å². The van der Waals surface area contributed by atoms with Crippen LogP contribution in [0.15, 0.2) is 18.2 Å². The molecule has 0 bridgehead atoms. The highest BCUT2D eigenvalue weighted by Crippen LogP contribution is 2.32. The second kappa shape index (κ2) is 7.91. The van der Waals surface area contributed by atoms with Crippen LogP contribution in [0.2, 0.25) is 5.02 Å². The standard InChI is InChI=1S/C21H29ClN4O2/c1-16-6-7-17(22)14-18(16)25-12-10-24(11-13-25)15-26-19(27)21(23-20(26)28)8-4-2-3-5-9-21/h6-7,14H,2-5,8-13,15H2,1H3,(H,23,28)/p+1. The maximum absolute atomic E-state index is 13.1. The zero-order valence-corrected chi connectivity index (χ0v) is 17.4. The van der Waals surface area contributed by atoms with Crippen LogP contribution in [-0.2, 0) is 4.79 Å². The third-order valence-corrected chi connectivity index (χ3v) is 6.80. The van der Waals surface area contributed by atoms with Crippen LogP contribution in [0.4, 0.5) is 10.5 Å². The topological polar surface area (TPSA) is 57.1 Å². The van der Waals surface area contributed by atoms with Gasteiger partial charge in [0.15, 0.2) is 6.67 Å². The van der Waals surface area contributed by atoms with Gasteiger partial charge in [-0.15, -0.1) is 0 Å². The maximum atomic E-state index is 13.1. The van der Waals surface area contributed by atoms with Crippen LogP contribution < -0.4 is 15.1 Å². The van der Waals surface area contributed by atoms with Gasteiger partial charge in [-0.2, -0.15) is 0 Å². The van der Waals surface area contributed by atoms with Crippen LogP contribution in [0.5, 0.6) is 0 Å². The molecule has 3 fully saturated rings. The normalized spacial score (nSPS) is 23.2. The highest BCUT2D eigenvalue weighted by atomic mass is 35.5. The lowest BCUT2D eigenvalue weighted by Crippen LogP contribution is -3.16. The van der Waals surface area contributed by atoms with Gasteiger partial charge in [0.1, 0.15) is 5.54 Å². The van der Waals surface area contributed by atoms with E-state index in [1.807, 2.05) is 12.1 Å². The summed E-state index contributed by atoms with van der Waals surface area (Å²) in [4.78, 5) is 30.8. The Morgan fingerprint density at radius 1 is 1.11 bits per heavy atom. The first kappa shape index (κ1) is 19.5. The van der Waals surface area contributed by atoms with Crippen molar-refractivity contribution in [3.63, 3.8) is 0 Å². The number of imide groups is 1. The number of urea groups is 1. The van der Waals surface area contributed by atoms with Gasteiger partial charge in [0.2, 0.25) is 0 Å². The van der Waals surface area contributed by atoms with E-state index in [-0.39, 0.29) is 11.9 Å². The molecule has 1 aromatic rings. The van der Waals surface area contributed by atoms with E-state index in [4.69, 9.17) is 11.6 Å². The minimum atomic E-state index is -0.632. The third kappa shape index (κ3) is 3.72. The molecule has 3 amide bonds. The monoisotopic (exact) mass is 405 g/mol. The summed E-state index contributed by atoms with van der Waals surface area (Å²) in [5.74, 6) is 0.0000141. The molecule has 3 aliphatic rings. The maximum Gasteiger partial charge on any atom is 0.329 e. The molecule has 1 saturated carbocycles. The molecule has 4 rings (SSSR count). The number of anilines is 1. The molecule has 6 nitrogen and oxygen atoms in total. The van der Waals surface area contributed by atoms with Gasteiger partial charge in [0.05, 0.1) is 26.2 Å². The molecular formula is C21H30ClN4O2+. The zero-order chi connectivity index (χ0) is 19.7. The number of carbonyl (C=O) groups is 2. The Morgan fingerprint density at radius 2 is 1.79 bits per heavy atom. The Balaban J connectivity index is 1.37. The molecule has 0 aromatic heterocycles. The molecule has 2 saturated heterocycles. The highest BCUT2D eigenvalue weighted by Gasteiger charge is 2.51. The van der Waals surface area contributed by atoms with Crippen molar-refractivity contribution in [1.82, 2.24) is 10.2 Å². The molecule has 0 radical (unpaired) electrons. The Bertz CT molecular complexity index is 753. The number of halogens is 1. The molecule has 2 N–H and O–H groups in total. The number of hydrogen-bond acceptors (Lipinski definition) is 3. The summed E-state index contributed by atoms with van der Waals surface area (Å²) >= 11 is 6.17. The molecule has 7 heteroatoms. The number of rotatable bonds is 3. The summed E-state index contributed by atoms with van der Waals surface area (Å²) in [7, 11) is 0. The third-order valence-electron chi connectivity index (χ3n) is 6.57. The lowest BCUT2D eigenvalue weighted by atomic mass is 9.90. The number of carbonyl (C=O) groups excluding carboxylic acids is 2. The van der Waals surface area contributed by atoms with Crippen LogP contribution in [0.25, 0.3) is 0 Å². The molecule has 1 aromatic carbocycles. The van der Waals surface area contributed by atoms with Crippen molar-refractivity contribution in [1.29, 1.82) is 0 Å². The van der Waals surface area contributed by atoms with Crippen molar-refractivity contribution in [2.45, 2.75) is 51.0 Å². The average Bonchev–Trinajstić information content (AvgIpc) is 2.85. The van der Waals surface area contributed by atoms with Crippen molar-refractivity contribution in [3.05, 3.63) is 28.8 Å². The first-order chi connectivity index (χ1) is 13.5. The molecule has 1 aliphatic carbocycles. The predicted molar refractivity (Wildman–Crippen MR) is 110 cm³/mol. The Morgan fingerprint density at radius 3 is 2.46 bits per heavy atom. The van der Waals surface area contributed by atoms with Gasteiger partial charge in [-0.3, -0.25) is 4.79 Å². The van der Waals surface area contributed by atoms with Gasteiger partial charge in [-0.05, 0) is 37.5 Å². The van der Waals surface area contributed by atoms with Gasteiger partial charge in [-0.25, -0.2) is 9.69 Å². The van der Waals surface area contributed by atoms with Crippen LogP contribution in [0, 0.1) is 6.92 Å². The van der Waals surface area contributed by atoms with Gasteiger partial charge in [0.25, 0.3) is 5.91 Å². The summed E-state index contributed by atoms with van der Waals surface area (Å²) in [5.41, 5.74) is 1.77. The Kier molecular flexibility index (Phi) is 5.52. The fourth-order valence-corrected chi connectivity index (χ4v) is 5.03. The number of amides is 3. The minimum Gasteiger partial charge on any atom is -0.360 e. The van der Waals surface area contributed by atoms with E-state index in [0.717, 1.165) is 69.7 Å². The van der Waals surface area contributed by atoms with Crippen LogP contribution >= 0.6 is 11.6 Å². The molecular weight excluding hydrogens is 376 g/mol. The largest absolute Gasteiger partial charge is 0.360 e. The molecule has 2 aliphatic heterocycles. The lowest BCUT2D eigenvalue weighted by molar-refractivity contribution is -0.907. The molecule has 0 atom stereocenters. The SMILES string of the molecule is Cc1ccc(Cl)cc1N1CC[NH+](CN2C(=O)NC3(CCCCCC3)C2=O)CC1. The van der Waals surface area contributed by atoms with Crippen LogP contribution in [-0.4, -0.2) is 55.2 Å². The Labute approximate surface area is 171 Å². The number of benzene rings is 1. The zero-order valence-electron chi connectivity index (χ0n) is 16.6.